The fourth-order valence-electron chi connectivity index (χ4n) is 3.67. The number of carboxylic acids is 1. The number of aromatic nitrogens is 2. The third kappa shape index (κ3) is 5.09. The summed E-state index contributed by atoms with van der Waals surface area (Å²) in [6.45, 7) is 1.89. The Balaban J connectivity index is 1.46. The Morgan fingerprint density at radius 2 is 2.28 bits per heavy atom. The molecule has 2 fully saturated rings. The molecule has 2 unspecified atom stereocenters. The van der Waals surface area contributed by atoms with E-state index in [1.54, 1.807) is 43.6 Å². The predicted octanol–water partition coefficient (Wildman–Crippen LogP) is 1.03. The van der Waals surface area contributed by atoms with Gasteiger partial charge in [-0.25, -0.2) is 4.98 Å². The minimum absolute atomic E-state index is 0.0192. The molecular weight excluding hydrogens is 508 g/mol. The minimum atomic E-state index is -1.27. The molecule has 4 rings (SSSR count). The van der Waals surface area contributed by atoms with Crippen LogP contribution in [0.2, 0.25) is 0 Å². The number of nitrogens with zero attached hydrogens (tertiary/aromatic N) is 4. The highest BCUT2D eigenvalue weighted by Gasteiger charge is 2.56. The topological polar surface area (TPSA) is 163 Å². The molecule has 2 saturated heterocycles. The maximum atomic E-state index is 13.0. The van der Waals surface area contributed by atoms with Gasteiger partial charge in [-0.15, -0.1) is 23.1 Å². The van der Waals surface area contributed by atoms with Crippen LogP contribution in [-0.2, 0) is 24.0 Å². The molecule has 12 nitrogen and oxygen atoms in total. The predicted molar refractivity (Wildman–Crippen MR) is 133 cm³/mol. The molecule has 0 aromatic carbocycles. The van der Waals surface area contributed by atoms with E-state index in [0.29, 0.717) is 6.41 Å². The van der Waals surface area contributed by atoms with Gasteiger partial charge in [0.2, 0.25) is 12.3 Å². The number of anilines is 1. The van der Waals surface area contributed by atoms with E-state index in [9.17, 15) is 24.3 Å². The molecule has 2 aliphatic heterocycles. The van der Waals surface area contributed by atoms with Gasteiger partial charge in [-0.1, -0.05) is 23.4 Å². The number of carboxylic acid groups (broad SMARTS) is 1. The number of thiazole rings is 1. The molecule has 4 heterocycles. The lowest BCUT2D eigenvalue weighted by atomic mass is 9.86. The van der Waals surface area contributed by atoms with Crippen LogP contribution in [0.15, 0.2) is 41.1 Å². The SMILES string of the molecule is CCON=C(C(=O)NC1C(=O)N2CC(C=Cc3cccnc3)(C(=O)O)CS[C@H]12)c1csc(NC=O)n1. The first-order chi connectivity index (χ1) is 17.4. The molecule has 0 saturated carbocycles. The summed E-state index contributed by atoms with van der Waals surface area (Å²) >= 11 is 2.38. The zero-order valence-corrected chi connectivity index (χ0v) is 20.6. The van der Waals surface area contributed by atoms with Crippen LogP contribution >= 0.6 is 23.1 Å². The van der Waals surface area contributed by atoms with Crippen LogP contribution in [0.4, 0.5) is 5.13 Å². The molecule has 36 heavy (non-hydrogen) atoms. The number of β-lactam (4-membered cyclic amide) rings is 1. The number of pyridine rings is 1. The monoisotopic (exact) mass is 530 g/mol. The Kier molecular flexibility index (Phi) is 7.64. The first-order valence-electron chi connectivity index (χ1n) is 10.8. The quantitative estimate of drug-likeness (QED) is 0.176. The average molecular weight is 531 g/mol. The van der Waals surface area contributed by atoms with Gasteiger partial charge in [-0.05, 0) is 18.6 Å². The largest absolute Gasteiger partial charge is 0.481 e. The number of hydrogen-bond acceptors (Lipinski definition) is 10. The molecule has 2 aliphatic rings. The lowest BCUT2D eigenvalue weighted by Crippen LogP contribution is -2.73. The van der Waals surface area contributed by atoms with E-state index < -0.39 is 34.6 Å². The van der Waals surface area contributed by atoms with Gasteiger partial charge in [0.1, 0.15) is 29.1 Å². The second-order valence-electron chi connectivity index (χ2n) is 7.86. The Morgan fingerprint density at radius 1 is 1.44 bits per heavy atom. The van der Waals surface area contributed by atoms with Gasteiger partial charge in [0.05, 0.1) is 0 Å². The van der Waals surface area contributed by atoms with Crippen LogP contribution in [0.1, 0.15) is 18.2 Å². The Hall–Kier alpha value is -3.78. The second kappa shape index (κ2) is 10.9. The Labute approximate surface area is 213 Å². The first-order valence-corrected chi connectivity index (χ1v) is 12.7. The van der Waals surface area contributed by atoms with Crippen molar-refractivity contribution in [3.05, 3.63) is 47.2 Å². The van der Waals surface area contributed by atoms with Crippen LogP contribution in [0.3, 0.4) is 0 Å². The van der Waals surface area contributed by atoms with E-state index in [2.05, 4.69) is 25.8 Å². The Bertz CT molecular complexity index is 1220. The summed E-state index contributed by atoms with van der Waals surface area (Å²) < 4.78 is 0. The van der Waals surface area contributed by atoms with E-state index >= 15 is 0 Å². The lowest BCUT2D eigenvalue weighted by Gasteiger charge is -2.53. The molecule has 3 atom stereocenters. The zero-order chi connectivity index (χ0) is 25.7. The van der Waals surface area contributed by atoms with E-state index in [-0.39, 0.29) is 35.4 Å². The normalized spacial score (nSPS) is 23.5. The van der Waals surface area contributed by atoms with Crippen LogP contribution in [-0.4, -0.2) is 80.2 Å². The van der Waals surface area contributed by atoms with E-state index in [1.165, 1.54) is 22.0 Å². The number of oxime groups is 1. The maximum absolute atomic E-state index is 13.0. The van der Waals surface area contributed by atoms with Crippen molar-refractivity contribution in [2.45, 2.75) is 18.3 Å². The average Bonchev–Trinajstić information content (AvgIpc) is 3.35. The fourth-order valence-corrected chi connectivity index (χ4v) is 5.84. The number of thioether (sulfide) groups is 1. The highest BCUT2D eigenvalue weighted by Crippen LogP contribution is 2.43. The highest BCUT2D eigenvalue weighted by atomic mass is 32.2. The minimum Gasteiger partial charge on any atom is -0.481 e. The van der Waals surface area contributed by atoms with E-state index in [0.717, 1.165) is 16.9 Å². The maximum Gasteiger partial charge on any atom is 0.316 e. The molecule has 3 N–H and O–H groups in total. The van der Waals surface area contributed by atoms with Gasteiger partial charge in [0.15, 0.2) is 10.8 Å². The number of fused-ring (bicyclic) bond motifs is 1. The summed E-state index contributed by atoms with van der Waals surface area (Å²) in [6.07, 6.45) is 6.98. The molecule has 0 bridgehead atoms. The summed E-state index contributed by atoms with van der Waals surface area (Å²) in [7, 11) is 0. The van der Waals surface area contributed by atoms with Crippen molar-refractivity contribution in [2.24, 2.45) is 10.6 Å². The molecule has 3 amide bonds. The molecule has 0 aliphatic carbocycles. The van der Waals surface area contributed by atoms with Crippen LogP contribution in [0.5, 0.6) is 0 Å². The molecular formula is C22H22N6O6S2. The molecule has 2 aromatic rings. The summed E-state index contributed by atoms with van der Waals surface area (Å²) in [5, 5.41) is 20.3. The van der Waals surface area contributed by atoms with Crippen molar-refractivity contribution in [3.8, 4) is 0 Å². The summed E-state index contributed by atoms with van der Waals surface area (Å²) in [5.74, 6) is -1.88. The van der Waals surface area contributed by atoms with E-state index in [4.69, 9.17) is 4.84 Å². The zero-order valence-electron chi connectivity index (χ0n) is 19.0. The fraction of sp³-hybridized carbons (Fsp3) is 0.318. The van der Waals surface area contributed by atoms with Crippen molar-refractivity contribution < 1.29 is 29.1 Å². The molecule has 0 radical (unpaired) electrons. The molecule has 14 heteroatoms. The van der Waals surface area contributed by atoms with Crippen LogP contribution in [0, 0.1) is 5.41 Å². The number of carbonyl (C=O) groups is 4. The second-order valence-corrected chi connectivity index (χ2v) is 9.82. The van der Waals surface area contributed by atoms with Crippen molar-refractivity contribution in [1.82, 2.24) is 20.2 Å². The lowest BCUT2D eigenvalue weighted by molar-refractivity contribution is -0.156. The molecule has 188 valence electrons. The third-order valence-electron chi connectivity index (χ3n) is 5.53. The summed E-state index contributed by atoms with van der Waals surface area (Å²) in [6, 6.07) is 2.70. The van der Waals surface area contributed by atoms with Gasteiger partial charge < -0.3 is 25.5 Å². The van der Waals surface area contributed by atoms with Gasteiger partial charge in [0.25, 0.3) is 5.91 Å². The number of nitrogens with one attached hydrogen (secondary N) is 2. The number of aliphatic carboxylic acids is 1. The first kappa shape index (κ1) is 25.3. The van der Waals surface area contributed by atoms with Crippen LogP contribution < -0.4 is 10.6 Å². The number of hydrogen-bond donors (Lipinski definition) is 3. The molecule has 0 spiro atoms. The van der Waals surface area contributed by atoms with Crippen LogP contribution in [0.25, 0.3) is 6.08 Å². The van der Waals surface area contributed by atoms with Crippen molar-refractivity contribution >= 4 is 64.2 Å². The Morgan fingerprint density at radius 3 is 2.97 bits per heavy atom. The number of amides is 3. The smallest absolute Gasteiger partial charge is 0.316 e. The highest BCUT2D eigenvalue weighted by molar-refractivity contribution is 8.00. The standard InChI is InChI=1S/C22H22N6O6S2/c1-2-34-27-15(14-9-35-21(25-14)24-12-29)17(30)26-16-18(31)28-10-22(20(32)33,11-36-19(16)28)6-5-13-4-3-7-23-8-13/h3-9,12,16,19H,2,10-11H2,1H3,(H,26,30)(H,32,33)(H,24,25,29)/t16?,19-,22?/m1/s1. The van der Waals surface area contributed by atoms with E-state index in [1.807, 2.05) is 0 Å². The van der Waals surface area contributed by atoms with Gasteiger partial charge >= 0.3 is 5.97 Å². The summed E-state index contributed by atoms with van der Waals surface area (Å²) in [5.41, 5.74) is -0.481. The summed E-state index contributed by atoms with van der Waals surface area (Å²) in [4.78, 5) is 63.4. The number of rotatable bonds is 10. The number of carbonyl (C=O) groups excluding carboxylic acids is 3. The van der Waals surface area contributed by atoms with Gasteiger partial charge in [-0.3, -0.25) is 24.2 Å². The van der Waals surface area contributed by atoms with Gasteiger partial charge in [0, 0.05) is 30.1 Å². The third-order valence-corrected chi connectivity index (χ3v) is 7.85. The van der Waals surface area contributed by atoms with Crippen molar-refractivity contribution in [3.63, 3.8) is 0 Å². The van der Waals surface area contributed by atoms with Crippen molar-refractivity contribution in [1.29, 1.82) is 0 Å². The van der Waals surface area contributed by atoms with Gasteiger partial charge in [-0.2, -0.15) is 0 Å². The molecule has 2 aromatic heterocycles. The van der Waals surface area contributed by atoms with Crippen molar-refractivity contribution in [2.75, 3.05) is 24.2 Å².